The molecule has 6 heteroatoms. The number of rotatable bonds is 74. The lowest BCUT2D eigenvalue weighted by Crippen LogP contribution is -2.45. The van der Waals surface area contributed by atoms with Crippen LogP contribution in [0.3, 0.4) is 0 Å². The topological polar surface area (TPSA) is 95.9 Å². The Labute approximate surface area is 538 Å². The van der Waals surface area contributed by atoms with Crippen molar-refractivity contribution in [1.82, 2.24) is 5.32 Å². The number of hydrogen-bond acceptors (Lipinski definition) is 5. The zero-order valence-electron chi connectivity index (χ0n) is 58.3. The fraction of sp³-hybridized carbons (Fsp3) is 0.900. The number of unbranched alkanes of at least 4 members (excludes halogenated alkanes) is 57. The molecule has 0 aromatic heterocycles. The van der Waals surface area contributed by atoms with Crippen LogP contribution in [0, 0.1) is 0 Å². The van der Waals surface area contributed by atoms with Gasteiger partial charge in [-0.2, -0.15) is 0 Å². The predicted octanol–water partition coefficient (Wildman–Crippen LogP) is 25.8. The highest BCUT2D eigenvalue weighted by molar-refractivity contribution is 5.76. The number of ether oxygens (including phenoxy) is 1. The minimum absolute atomic E-state index is 0.00547. The first kappa shape index (κ1) is 84.1. The van der Waals surface area contributed by atoms with Gasteiger partial charge in [-0.1, -0.05) is 378 Å². The normalized spacial score (nSPS) is 12.7. The highest BCUT2D eigenvalue weighted by Gasteiger charge is 2.20. The van der Waals surface area contributed by atoms with Crippen LogP contribution in [0.25, 0.3) is 0 Å². The van der Waals surface area contributed by atoms with Crippen LogP contribution in [0.4, 0.5) is 0 Å². The minimum atomic E-state index is -0.667. The van der Waals surface area contributed by atoms with E-state index >= 15 is 0 Å². The van der Waals surface area contributed by atoms with Gasteiger partial charge in [-0.15, -0.1) is 0 Å². The standard InChI is InChI=1S/C80H153NO5/c1-3-5-7-9-11-13-15-17-19-21-22-23-24-32-35-38-41-44-48-52-56-60-64-68-72-78(83)77(76-82)81-79(84)73-69-65-61-57-53-49-45-42-39-36-33-30-28-26-25-27-29-31-34-37-40-43-47-51-55-59-63-67-71-75-86-80(85)74-70-66-62-58-54-50-46-20-18-16-14-12-10-8-6-4-2/h20,25,27,31,34,46,77-78,82-83H,3-19,21-24,26,28-30,32-33,35-45,47-76H2,1-2H3,(H,81,84)/b27-25-,34-31-,46-20-. The summed E-state index contributed by atoms with van der Waals surface area (Å²) in [5.41, 5.74) is 0. The molecule has 0 aliphatic heterocycles. The molecule has 0 aliphatic carbocycles. The van der Waals surface area contributed by atoms with Gasteiger partial charge in [-0.05, 0) is 83.5 Å². The van der Waals surface area contributed by atoms with Gasteiger partial charge in [0.1, 0.15) is 0 Å². The van der Waals surface area contributed by atoms with Crippen molar-refractivity contribution in [3.8, 4) is 0 Å². The van der Waals surface area contributed by atoms with Crippen LogP contribution >= 0.6 is 0 Å². The van der Waals surface area contributed by atoms with Crippen LogP contribution in [0.15, 0.2) is 36.5 Å². The van der Waals surface area contributed by atoms with Crippen molar-refractivity contribution < 1.29 is 24.5 Å². The van der Waals surface area contributed by atoms with E-state index < -0.39 is 12.1 Å². The molecule has 0 aliphatic rings. The van der Waals surface area contributed by atoms with E-state index in [2.05, 4.69) is 55.6 Å². The fourth-order valence-electron chi connectivity index (χ4n) is 12.4. The molecule has 2 unspecified atom stereocenters. The van der Waals surface area contributed by atoms with E-state index in [9.17, 15) is 19.8 Å². The second-order valence-corrected chi connectivity index (χ2v) is 27.0. The van der Waals surface area contributed by atoms with Gasteiger partial charge >= 0.3 is 5.97 Å². The van der Waals surface area contributed by atoms with Crippen molar-refractivity contribution in [1.29, 1.82) is 0 Å². The van der Waals surface area contributed by atoms with E-state index in [1.54, 1.807) is 0 Å². The van der Waals surface area contributed by atoms with E-state index in [1.165, 1.54) is 353 Å². The van der Waals surface area contributed by atoms with Crippen molar-refractivity contribution in [3.63, 3.8) is 0 Å². The van der Waals surface area contributed by atoms with Crippen molar-refractivity contribution >= 4 is 11.9 Å². The molecule has 0 rings (SSSR count). The maximum Gasteiger partial charge on any atom is 0.305 e. The van der Waals surface area contributed by atoms with Gasteiger partial charge in [0.25, 0.3) is 0 Å². The smallest absolute Gasteiger partial charge is 0.305 e. The molecule has 86 heavy (non-hydrogen) atoms. The molecule has 0 aromatic carbocycles. The molecular weight excluding hydrogens is 1050 g/mol. The molecule has 0 saturated heterocycles. The Morgan fingerprint density at radius 2 is 0.581 bits per heavy atom. The molecule has 0 spiro atoms. The summed E-state index contributed by atoms with van der Waals surface area (Å²) in [6.45, 7) is 4.99. The minimum Gasteiger partial charge on any atom is -0.466 e. The number of hydrogen-bond donors (Lipinski definition) is 3. The molecule has 6 nitrogen and oxygen atoms in total. The molecule has 508 valence electrons. The average Bonchev–Trinajstić information content (AvgIpc) is 3.53. The van der Waals surface area contributed by atoms with Gasteiger partial charge in [0.2, 0.25) is 5.91 Å². The van der Waals surface area contributed by atoms with Gasteiger partial charge in [-0.3, -0.25) is 9.59 Å². The highest BCUT2D eigenvalue weighted by atomic mass is 16.5. The molecule has 0 aromatic rings. The third kappa shape index (κ3) is 71.2. The zero-order chi connectivity index (χ0) is 62.0. The number of esters is 1. The molecule has 0 fully saturated rings. The number of carbonyl (C=O) groups is 2. The molecular formula is C80H153NO5. The third-order valence-electron chi connectivity index (χ3n) is 18.4. The summed E-state index contributed by atoms with van der Waals surface area (Å²) in [6, 6.07) is -0.544. The fourth-order valence-corrected chi connectivity index (χ4v) is 12.4. The summed E-state index contributed by atoms with van der Waals surface area (Å²) in [4.78, 5) is 24.7. The number of aliphatic hydroxyl groups is 2. The third-order valence-corrected chi connectivity index (χ3v) is 18.4. The lowest BCUT2D eigenvalue weighted by Gasteiger charge is -2.22. The number of amides is 1. The average molecular weight is 1210 g/mol. The Balaban J connectivity index is 3.40. The molecule has 0 radical (unpaired) electrons. The summed E-state index contributed by atoms with van der Waals surface area (Å²) in [6.07, 6.45) is 98.0. The van der Waals surface area contributed by atoms with Gasteiger partial charge < -0.3 is 20.3 Å². The van der Waals surface area contributed by atoms with Crippen molar-refractivity contribution in [3.05, 3.63) is 36.5 Å². The SMILES string of the molecule is CCCCCCCCC/C=C\CCCCCCCC(=O)OCCCCCCCCCCC/C=C\C/C=C\CCCCCCCCCCCCCCCC(=O)NC(CO)C(O)CCCCCCCCCCCCCCCCCCCCCCCCCC. The maximum absolute atomic E-state index is 12.6. The van der Waals surface area contributed by atoms with Gasteiger partial charge in [0, 0.05) is 12.8 Å². The van der Waals surface area contributed by atoms with Crippen LogP contribution < -0.4 is 5.32 Å². The monoisotopic (exact) mass is 1210 g/mol. The highest BCUT2D eigenvalue weighted by Crippen LogP contribution is 2.19. The first-order valence-electron chi connectivity index (χ1n) is 39.2. The Kier molecular flexibility index (Phi) is 73.9. The van der Waals surface area contributed by atoms with Gasteiger partial charge in [-0.25, -0.2) is 0 Å². The molecule has 1 amide bonds. The summed E-state index contributed by atoms with van der Waals surface area (Å²) in [7, 11) is 0. The van der Waals surface area contributed by atoms with E-state index in [1.807, 2.05) is 0 Å². The quantitative estimate of drug-likeness (QED) is 0.0320. The summed E-state index contributed by atoms with van der Waals surface area (Å²) in [5.74, 6) is -0.0255. The predicted molar refractivity (Wildman–Crippen MR) is 379 cm³/mol. The van der Waals surface area contributed by atoms with Crippen molar-refractivity contribution in [2.45, 2.75) is 450 Å². The summed E-state index contributed by atoms with van der Waals surface area (Å²) in [5, 5.41) is 23.5. The number of allylic oxidation sites excluding steroid dienone is 6. The van der Waals surface area contributed by atoms with Crippen LogP contribution in [0.2, 0.25) is 0 Å². The molecule has 0 saturated carbocycles. The lowest BCUT2D eigenvalue weighted by atomic mass is 10.0. The van der Waals surface area contributed by atoms with Gasteiger partial charge in [0.05, 0.1) is 25.4 Å². The maximum atomic E-state index is 12.6. The summed E-state index contributed by atoms with van der Waals surface area (Å²) >= 11 is 0. The van der Waals surface area contributed by atoms with Crippen LogP contribution in [-0.2, 0) is 14.3 Å². The molecule has 2 atom stereocenters. The first-order chi connectivity index (χ1) is 42.5. The number of nitrogens with one attached hydrogen (secondary N) is 1. The summed E-state index contributed by atoms with van der Waals surface area (Å²) < 4.78 is 5.49. The zero-order valence-corrected chi connectivity index (χ0v) is 58.3. The Bertz CT molecular complexity index is 1390. The van der Waals surface area contributed by atoms with E-state index in [0.29, 0.717) is 25.9 Å². The second-order valence-electron chi connectivity index (χ2n) is 27.0. The van der Waals surface area contributed by atoms with E-state index in [4.69, 9.17) is 4.74 Å². The van der Waals surface area contributed by atoms with Crippen LogP contribution in [0.1, 0.15) is 438 Å². The van der Waals surface area contributed by atoms with Gasteiger partial charge in [0.15, 0.2) is 0 Å². The first-order valence-corrected chi connectivity index (χ1v) is 39.2. The number of aliphatic hydroxyl groups excluding tert-OH is 2. The molecule has 0 heterocycles. The second kappa shape index (κ2) is 75.5. The Morgan fingerprint density at radius 1 is 0.326 bits per heavy atom. The van der Waals surface area contributed by atoms with Crippen LogP contribution in [0.5, 0.6) is 0 Å². The van der Waals surface area contributed by atoms with E-state index in [-0.39, 0.29) is 18.5 Å². The number of carbonyl (C=O) groups excluding carboxylic acids is 2. The largest absolute Gasteiger partial charge is 0.466 e. The Morgan fingerprint density at radius 3 is 0.895 bits per heavy atom. The van der Waals surface area contributed by atoms with Crippen molar-refractivity contribution in [2.75, 3.05) is 13.2 Å². The molecule has 0 bridgehead atoms. The Hall–Kier alpha value is -1.92. The van der Waals surface area contributed by atoms with Crippen LogP contribution in [-0.4, -0.2) is 47.4 Å². The van der Waals surface area contributed by atoms with Crippen molar-refractivity contribution in [2.24, 2.45) is 0 Å². The molecule has 3 N–H and O–H groups in total. The lowest BCUT2D eigenvalue weighted by molar-refractivity contribution is -0.143. The van der Waals surface area contributed by atoms with E-state index in [0.717, 1.165) is 51.4 Å².